The van der Waals surface area contributed by atoms with E-state index in [1.807, 2.05) is 22.9 Å². The van der Waals surface area contributed by atoms with E-state index in [2.05, 4.69) is 10.6 Å². The maximum atomic E-state index is 13.9. The first kappa shape index (κ1) is 20.1. The van der Waals surface area contributed by atoms with Crippen molar-refractivity contribution in [2.75, 3.05) is 11.9 Å². The highest BCUT2D eigenvalue weighted by Crippen LogP contribution is 2.13. The Morgan fingerprint density at radius 1 is 1.07 bits per heavy atom. The molecule has 0 bridgehead atoms. The van der Waals surface area contributed by atoms with Crippen LogP contribution in [0.25, 0.3) is 0 Å². The third-order valence-electron chi connectivity index (χ3n) is 4.28. The van der Waals surface area contributed by atoms with Crippen molar-refractivity contribution in [2.45, 2.75) is 20.0 Å². The molecule has 29 heavy (non-hydrogen) atoms. The fraction of sp³-hybridized carbons (Fsp3) is 0.182. The molecule has 2 aromatic carbocycles. The molecule has 0 aliphatic carbocycles. The van der Waals surface area contributed by atoms with Crippen molar-refractivity contribution in [1.82, 2.24) is 9.88 Å². The number of anilines is 1. The number of urea groups is 1. The van der Waals surface area contributed by atoms with Gasteiger partial charge in [-0.3, -0.25) is 0 Å². The van der Waals surface area contributed by atoms with Crippen molar-refractivity contribution in [3.05, 3.63) is 89.5 Å². The van der Waals surface area contributed by atoms with Crippen molar-refractivity contribution >= 4 is 17.7 Å². The van der Waals surface area contributed by atoms with Gasteiger partial charge in [-0.25, -0.2) is 14.0 Å². The van der Waals surface area contributed by atoms with E-state index in [0.717, 1.165) is 5.69 Å². The molecule has 1 aromatic heterocycles. The standard InChI is InChI=1S/C22H22FN3O3/c1-2-29-21(27)16-8-5-9-18(13-16)25-22(28)24-14-19-10-6-12-26(19)15-17-7-3-4-11-20(17)23/h3-13H,2,14-15H2,1H3,(H2,24,25,28). The van der Waals surface area contributed by atoms with Gasteiger partial charge >= 0.3 is 12.0 Å². The first-order valence-electron chi connectivity index (χ1n) is 9.26. The van der Waals surface area contributed by atoms with Gasteiger partial charge in [0.05, 0.1) is 25.3 Å². The van der Waals surface area contributed by atoms with Crippen LogP contribution in [-0.4, -0.2) is 23.2 Å². The average Bonchev–Trinajstić information content (AvgIpc) is 3.15. The molecule has 150 valence electrons. The molecule has 0 saturated carbocycles. The van der Waals surface area contributed by atoms with Crippen LogP contribution in [-0.2, 0) is 17.8 Å². The summed E-state index contributed by atoms with van der Waals surface area (Å²) in [4.78, 5) is 24.0. The SMILES string of the molecule is CCOC(=O)c1cccc(NC(=O)NCc2cccn2Cc2ccccc2F)c1. The number of nitrogens with zero attached hydrogens (tertiary/aromatic N) is 1. The molecule has 0 radical (unpaired) electrons. The summed E-state index contributed by atoms with van der Waals surface area (Å²) in [7, 11) is 0. The van der Waals surface area contributed by atoms with Gasteiger partial charge in [0.25, 0.3) is 0 Å². The predicted molar refractivity (Wildman–Crippen MR) is 108 cm³/mol. The molecule has 2 amide bonds. The molecule has 3 aromatic rings. The molecule has 7 heteroatoms. The lowest BCUT2D eigenvalue weighted by Gasteiger charge is -2.12. The summed E-state index contributed by atoms with van der Waals surface area (Å²) in [5, 5.41) is 5.46. The number of ether oxygens (including phenoxy) is 1. The number of esters is 1. The predicted octanol–water partition coefficient (Wildman–Crippen LogP) is 4.17. The van der Waals surface area contributed by atoms with Crippen LogP contribution in [0.3, 0.4) is 0 Å². The molecule has 1 heterocycles. The second kappa shape index (κ2) is 9.54. The van der Waals surface area contributed by atoms with Gasteiger partial charge in [0.2, 0.25) is 0 Å². The minimum atomic E-state index is -0.442. The van der Waals surface area contributed by atoms with Gasteiger partial charge in [-0.15, -0.1) is 0 Å². The highest BCUT2D eigenvalue weighted by atomic mass is 19.1. The number of carbonyl (C=O) groups excluding carboxylic acids is 2. The quantitative estimate of drug-likeness (QED) is 0.590. The molecule has 0 spiro atoms. The molecular weight excluding hydrogens is 373 g/mol. The van der Waals surface area contributed by atoms with Crippen LogP contribution < -0.4 is 10.6 Å². The smallest absolute Gasteiger partial charge is 0.338 e. The molecule has 6 nitrogen and oxygen atoms in total. The van der Waals surface area contributed by atoms with E-state index in [1.54, 1.807) is 49.4 Å². The van der Waals surface area contributed by atoms with Crippen molar-refractivity contribution in [3.63, 3.8) is 0 Å². The Hall–Kier alpha value is -3.61. The van der Waals surface area contributed by atoms with Crippen LogP contribution in [0.2, 0.25) is 0 Å². The van der Waals surface area contributed by atoms with Crippen LogP contribution in [0.4, 0.5) is 14.9 Å². The lowest BCUT2D eigenvalue weighted by atomic mass is 10.2. The molecule has 0 atom stereocenters. The second-order valence-electron chi connectivity index (χ2n) is 6.33. The molecule has 0 fully saturated rings. The minimum absolute atomic E-state index is 0.265. The third kappa shape index (κ3) is 5.44. The zero-order valence-corrected chi connectivity index (χ0v) is 16.0. The fourth-order valence-corrected chi connectivity index (χ4v) is 2.86. The molecule has 2 N–H and O–H groups in total. The maximum absolute atomic E-state index is 13.9. The minimum Gasteiger partial charge on any atom is -0.462 e. The van der Waals surface area contributed by atoms with Crippen molar-refractivity contribution in [3.8, 4) is 0 Å². The largest absolute Gasteiger partial charge is 0.462 e. The van der Waals surface area contributed by atoms with Crippen molar-refractivity contribution < 1.29 is 18.7 Å². The molecule has 0 aliphatic heterocycles. The highest BCUT2D eigenvalue weighted by Gasteiger charge is 2.10. The first-order chi connectivity index (χ1) is 14.1. The van der Waals surface area contributed by atoms with E-state index in [9.17, 15) is 14.0 Å². The molecule has 0 saturated heterocycles. The van der Waals surface area contributed by atoms with Gasteiger partial charge in [0.1, 0.15) is 5.82 Å². The van der Waals surface area contributed by atoms with Gasteiger partial charge in [-0.2, -0.15) is 0 Å². The monoisotopic (exact) mass is 395 g/mol. The Labute approximate surface area is 168 Å². The Morgan fingerprint density at radius 2 is 1.90 bits per heavy atom. The van der Waals surface area contributed by atoms with E-state index < -0.39 is 12.0 Å². The molecular formula is C22H22FN3O3. The number of rotatable bonds is 7. The molecule has 0 unspecified atom stereocenters. The zero-order chi connectivity index (χ0) is 20.6. The summed E-state index contributed by atoms with van der Waals surface area (Å²) in [6.07, 6.45) is 1.84. The van der Waals surface area contributed by atoms with Crippen LogP contribution >= 0.6 is 0 Å². The van der Waals surface area contributed by atoms with Gasteiger partial charge in [-0.1, -0.05) is 24.3 Å². The number of nitrogens with one attached hydrogen (secondary N) is 2. The Balaban J connectivity index is 1.58. The number of aromatic nitrogens is 1. The summed E-state index contributed by atoms with van der Waals surface area (Å²) in [6, 6.07) is 16.4. The summed E-state index contributed by atoms with van der Waals surface area (Å²) in [5.74, 6) is -0.707. The molecule has 3 rings (SSSR count). The normalized spacial score (nSPS) is 10.4. The van der Waals surface area contributed by atoms with E-state index >= 15 is 0 Å². The second-order valence-corrected chi connectivity index (χ2v) is 6.33. The lowest BCUT2D eigenvalue weighted by molar-refractivity contribution is 0.0526. The first-order valence-corrected chi connectivity index (χ1v) is 9.26. The third-order valence-corrected chi connectivity index (χ3v) is 4.28. The summed E-state index contributed by atoms with van der Waals surface area (Å²) in [6.45, 7) is 2.66. The van der Waals surface area contributed by atoms with Crippen LogP contribution in [0.1, 0.15) is 28.5 Å². The summed E-state index contributed by atoms with van der Waals surface area (Å²) in [5.41, 5.74) is 2.26. The maximum Gasteiger partial charge on any atom is 0.338 e. The zero-order valence-electron chi connectivity index (χ0n) is 16.0. The van der Waals surface area contributed by atoms with Gasteiger partial charge in [-0.05, 0) is 43.3 Å². The Kier molecular flexibility index (Phi) is 6.63. The number of hydrogen-bond donors (Lipinski definition) is 2. The van der Waals surface area contributed by atoms with E-state index in [-0.39, 0.29) is 19.0 Å². The van der Waals surface area contributed by atoms with Crippen LogP contribution in [0, 0.1) is 5.82 Å². The molecule has 0 aliphatic rings. The number of halogens is 1. The number of benzene rings is 2. The topological polar surface area (TPSA) is 72.4 Å². The van der Waals surface area contributed by atoms with E-state index in [0.29, 0.717) is 23.4 Å². The lowest BCUT2D eigenvalue weighted by Crippen LogP contribution is -2.29. The fourth-order valence-electron chi connectivity index (χ4n) is 2.86. The number of amides is 2. The van der Waals surface area contributed by atoms with Crippen LogP contribution in [0.5, 0.6) is 0 Å². The number of hydrogen-bond acceptors (Lipinski definition) is 3. The number of carbonyl (C=O) groups is 2. The van der Waals surface area contributed by atoms with Gasteiger partial charge in [0, 0.05) is 23.1 Å². The highest BCUT2D eigenvalue weighted by molar-refractivity contribution is 5.93. The Bertz CT molecular complexity index is 1000. The summed E-state index contributed by atoms with van der Waals surface area (Å²) >= 11 is 0. The van der Waals surface area contributed by atoms with Crippen LogP contribution in [0.15, 0.2) is 66.9 Å². The van der Waals surface area contributed by atoms with Crippen molar-refractivity contribution in [1.29, 1.82) is 0 Å². The van der Waals surface area contributed by atoms with Gasteiger partial charge in [0.15, 0.2) is 0 Å². The van der Waals surface area contributed by atoms with E-state index in [4.69, 9.17) is 4.74 Å². The average molecular weight is 395 g/mol. The Morgan fingerprint density at radius 3 is 2.69 bits per heavy atom. The van der Waals surface area contributed by atoms with E-state index in [1.165, 1.54) is 6.07 Å². The summed E-state index contributed by atoms with van der Waals surface area (Å²) < 4.78 is 20.7. The van der Waals surface area contributed by atoms with Gasteiger partial charge < -0.3 is 19.9 Å². The van der Waals surface area contributed by atoms with Crippen molar-refractivity contribution in [2.24, 2.45) is 0 Å².